The maximum Gasteiger partial charge on any atom is 0.263 e. The highest BCUT2D eigenvalue weighted by molar-refractivity contribution is 9.10. The van der Waals surface area contributed by atoms with E-state index in [9.17, 15) is 10.0 Å². The molecule has 1 aromatic carbocycles. The maximum absolute atomic E-state index is 13.1. The minimum absolute atomic E-state index is 0.319. The molecule has 0 aliphatic carbocycles. The van der Waals surface area contributed by atoms with E-state index in [4.69, 9.17) is 11.6 Å². The van der Waals surface area contributed by atoms with Gasteiger partial charge < -0.3 is 10.5 Å². The molecule has 0 saturated heterocycles. The number of nitrogens with zero attached hydrogens (tertiary/aromatic N) is 1. The van der Waals surface area contributed by atoms with Crippen molar-refractivity contribution < 1.29 is 9.52 Å². The van der Waals surface area contributed by atoms with Gasteiger partial charge in [0.2, 0.25) is 5.69 Å². The maximum atomic E-state index is 13.1. The molecule has 2 rings (SSSR count). The Labute approximate surface area is 174 Å². The first kappa shape index (κ1) is 21.5. The molecule has 0 radical (unpaired) electrons. The van der Waals surface area contributed by atoms with Crippen molar-refractivity contribution in [3.05, 3.63) is 73.1 Å². The number of halogens is 2. The molecule has 0 fully saturated rings. The molecule has 0 aliphatic heterocycles. The standard InChI is InChI=1S/C21H24BrClN2O2/c1-6-9-17-12(4)25(27)13(5)18(19(17)22)21(26)24-20-14(7-2)10-16(23)11-15(20)8-3/h6,10-11H,1,7-9H2,2-5H3,(H,24,26). The predicted octanol–water partition coefficient (Wildman–Crippen LogP) is 5.46. The summed E-state index contributed by atoms with van der Waals surface area (Å²) < 4.78 is 1.44. The number of anilines is 1. The van der Waals surface area contributed by atoms with E-state index in [2.05, 4.69) is 27.8 Å². The summed E-state index contributed by atoms with van der Waals surface area (Å²) in [6, 6.07) is 3.73. The highest BCUT2D eigenvalue weighted by Gasteiger charge is 2.27. The summed E-state index contributed by atoms with van der Waals surface area (Å²) in [5.41, 5.74) is 4.72. The number of carbonyl (C=O) groups excluding carboxylic acids is 1. The van der Waals surface area contributed by atoms with Gasteiger partial charge in [0.15, 0.2) is 5.69 Å². The number of pyridine rings is 1. The monoisotopic (exact) mass is 450 g/mol. The number of hydrogen-bond acceptors (Lipinski definition) is 2. The molecule has 144 valence electrons. The normalized spacial score (nSPS) is 10.7. The lowest BCUT2D eigenvalue weighted by molar-refractivity contribution is -0.619. The molecular formula is C21H24BrClN2O2. The Balaban J connectivity index is 2.59. The molecule has 0 spiro atoms. The molecule has 0 unspecified atom stereocenters. The quantitative estimate of drug-likeness (QED) is 0.360. The van der Waals surface area contributed by atoms with Crippen molar-refractivity contribution in [1.29, 1.82) is 0 Å². The highest BCUT2D eigenvalue weighted by atomic mass is 79.9. The van der Waals surface area contributed by atoms with Gasteiger partial charge in [-0.15, -0.1) is 6.58 Å². The van der Waals surface area contributed by atoms with Crippen molar-refractivity contribution in [2.45, 2.75) is 47.0 Å². The van der Waals surface area contributed by atoms with Crippen LogP contribution in [-0.2, 0) is 19.3 Å². The van der Waals surface area contributed by atoms with Crippen molar-refractivity contribution >= 4 is 39.1 Å². The number of nitrogens with one attached hydrogen (secondary N) is 1. The predicted molar refractivity (Wildman–Crippen MR) is 115 cm³/mol. The van der Waals surface area contributed by atoms with Crippen LogP contribution in [-0.4, -0.2) is 5.91 Å². The van der Waals surface area contributed by atoms with Gasteiger partial charge in [0.05, 0.1) is 0 Å². The number of amides is 1. The molecule has 27 heavy (non-hydrogen) atoms. The molecule has 1 heterocycles. The van der Waals surface area contributed by atoms with Gasteiger partial charge in [-0.1, -0.05) is 31.5 Å². The molecule has 6 heteroatoms. The first-order valence-electron chi connectivity index (χ1n) is 8.91. The third-order valence-electron chi connectivity index (χ3n) is 4.73. The highest BCUT2D eigenvalue weighted by Crippen LogP contribution is 2.30. The molecule has 0 atom stereocenters. The van der Waals surface area contributed by atoms with Crippen LogP contribution in [0, 0.1) is 19.1 Å². The van der Waals surface area contributed by atoms with Crippen LogP contribution in [0.15, 0.2) is 29.3 Å². The zero-order valence-electron chi connectivity index (χ0n) is 16.1. The minimum Gasteiger partial charge on any atom is -0.618 e. The van der Waals surface area contributed by atoms with E-state index in [1.165, 1.54) is 0 Å². The Kier molecular flexibility index (Phi) is 7.06. The second-order valence-electron chi connectivity index (χ2n) is 6.39. The van der Waals surface area contributed by atoms with E-state index >= 15 is 0 Å². The number of allylic oxidation sites excluding steroid dienone is 1. The summed E-state index contributed by atoms with van der Waals surface area (Å²) in [4.78, 5) is 13.1. The van der Waals surface area contributed by atoms with Crippen LogP contribution in [0.25, 0.3) is 0 Å². The summed E-state index contributed by atoms with van der Waals surface area (Å²) >= 11 is 9.74. The van der Waals surface area contributed by atoms with E-state index in [1.807, 2.05) is 26.0 Å². The van der Waals surface area contributed by atoms with Crippen LogP contribution in [0.1, 0.15) is 52.3 Å². The number of rotatable bonds is 6. The van der Waals surface area contributed by atoms with Gasteiger partial charge in [-0.3, -0.25) is 4.79 Å². The number of hydrogen-bond donors (Lipinski definition) is 1. The Morgan fingerprint density at radius 2 is 1.81 bits per heavy atom. The van der Waals surface area contributed by atoms with Gasteiger partial charge in [-0.2, -0.15) is 4.73 Å². The lowest BCUT2D eigenvalue weighted by Crippen LogP contribution is -2.38. The van der Waals surface area contributed by atoms with Crippen LogP contribution in [0.5, 0.6) is 0 Å². The molecule has 0 bridgehead atoms. The van der Waals surface area contributed by atoms with Crippen molar-refractivity contribution in [2.75, 3.05) is 5.32 Å². The molecule has 2 aromatic rings. The zero-order valence-corrected chi connectivity index (χ0v) is 18.4. The topological polar surface area (TPSA) is 56.0 Å². The van der Waals surface area contributed by atoms with Gasteiger partial charge in [-0.25, -0.2) is 0 Å². The van der Waals surface area contributed by atoms with Crippen LogP contribution in [0.4, 0.5) is 5.69 Å². The van der Waals surface area contributed by atoms with Crippen molar-refractivity contribution in [1.82, 2.24) is 0 Å². The van der Waals surface area contributed by atoms with Crippen LogP contribution in [0.2, 0.25) is 5.02 Å². The third-order valence-corrected chi connectivity index (χ3v) is 5.83. The van der Waals surface area contributed by atoms with Gasteiger partial charge >= 0.3 is 0 Å². The Morgan fingerprint density at radius 3 is 2.30 bits per heavy atom. The average molecular weight is 452 g/mol. The van der Waals surface area contributed by atoms with Crippen LogP contribution < -0.4 is 10.0 Å². The van der Waals surface area contributed by atoms with Crippen molar-refractivity contribution in [2.24, 2.45) is 0 Å². The van der Waals surface area contributed by atoms with Crippen LogP contribution in [0.3, 0.4) is 0 Å². The van der Waals surface area contributed by atoms with Gasteiger partial charge in [-0.05, 0) is 58.5 Å². The minimum atomic E-state index is -0.319. The number of carbonyl (C=O) groups is 1. The van der Waals surface area contributed by atoms with E-state index in [0.29, 0.717) is 32.9 Å². The van der Waals surface area contributed by atoms with E-state index in [-0.39, 0.29) is 5.91 Å². The van der Waals surface area contributed by atoms with Crippen LogP contribution >= 0.6 is 27.5 Å². The first-order chi connectivity index (χ1) is 12.8. The third kappa shape index (κ3) is 4.19. The largest absolute Gasteiger partial charge is 0.618 e. The van der Waals surface area contributed by atoms with E-state index < -0.39 is 0 Å². The van der Waals surface area contributed by atoms with E-state index in [0.717, 1.165) is 39.9 Å². The molecule has 0 aliphatic rings. The summed E-state index contributed by atoms with van der Waals surface area (Å²) in [6.45, 7) is 11.2. The number of aromatic nitrogens is 1. The average Bonchev–Trinajstić information content (AvgIpc) is 2.64. The molecule has 4 nitrogen and oxygen atoms in total. The SMILES string of the molecule is C=CCc1c(Br)c(C(=O)Nc2c(CC)cc(Cl)cc2CC)c(C)[n+]([O-])c1C. The van der Waals surface area contributed by atoms with Crippen molar-refractivity contribution in [3.8, 4) is 0 Å². The number of benzene rings is 1. The molecular weight excluding hydrogens is 428 g/mol. The first-order valence-corrected chi connectivity index (χ1v) is 10.1. The number of aryl methyl sites for hydroxylation is 2. The molecule has 0 saturated carbocycles. The fraction of sp³-hybridized carbons (Fsp3) is 0.333. The van der Waals surface area contributed by atoms with Gasteiger partial charge in [0, 0.05) is 34.6 Å². The fourth-order valence-electron chi connectivity index (χ4n) is 3.21. The second-order valence-corrected chi connectivity index (χ2v) is 7.62. The summed E-state index contributed by atoms with van der Waals surface area (Å²) in [7, 11) is 0. The van der Waals surface area contributed by atoms with Crippen molar-refractivity contribution in [3.63, 3.8) is 0 Å². The Morgan fingerprint density at radius 1 is 1.26 bits per heavy atom. The zero-order chi connectivity index (χ0) is 20.3. The lowest BCUT2D eigenvalue weighted by atomic mass is 10.0. The summed E-state index contributed by atoms with van der Waals surface area (Å²) in [5, 5.41) is 16.2. The van der Waals surface area contributed by atoms with Gasteiger partial charge in [0.25, 0.3) is 5.91 Å². The van der Waals surface area contributed by atoms with E-state index in [1.54, 1.807) is 19.9 Å². The molecule has 1 N–H and O–H groups in total. The fourth-order valence-corrected chi connectivity index (χ4v) is 4.39. The smallest absolute Gasteiger partial charge is 0.263 e. The Hall–Kier alpha value is -1.85. The Bertz CT molecular complexity index is 885. The second kappa shape index (κ2) is 8.89. The molecule has 1 aromatic heterocycles. The summed E-state index contributed by atoms with van der Waals surface area (Å²) in [5.74, 6) is -0.319. The molecule has 1 amide bonds. The van der Waals surface area contributed by atoms with Gasteiger partial charge in [0.1, 0.15) is 5.56 Å². The summed E-state index contributed by atoms with van der Waals surface area (Å²) in [6.07, 6.45) is 3.69. The lowest BCUT2D eigenvalue weighted by Gasteiger charge is -2.18.